The number of thioether (sulfide) groups is 2. The molecule has 0 aromatic carbocycles. The Labute approximate surface area is 132 Å². The first-order valence-electron chi connectivity index (χ1n) is 6.90. The Morgan fingerprint density at radius 2 is 2.25 bits per heavy atom. The molecule has 0 spiro atoms. The van der Waals surface area contributed by atoms with Gasteiger partial charge in [-0.2, -0.15) is 28.6 Å². The average molecular weight is 331 g/mol. The largest absolute Gasteiger partial charge is 0.311 e. The molecule has 3 heterocycles. The normalized spacial score (nSPS) is 19.9. The van der Waals surface area contributed by atoms with Crippen LogP contribution in [0.15, 0.2) is 0 Å². The molecule has 0 radical (unpaired) electrons. The molecule has 1 saturated heterocycles. The summed E-state index contributed by atoms with van der Waals surface area (Å²) in [6.45, 7) is 3.10. The summed E-state index contributed by atoms with van der Waals surface area (Å²) >= 11 is 10.2. The highest BCUT2D eigenvalue weighted by atomic mass is 35.5. The monoisotopic (exact) mass is 330 g/mol. The molecule has 0 amide bonds. The Hall–Kier alpha value is -0.330. The highest BCUT2D eigenvalue weighted by Crippen LogP contribution is 2.28. The molecular formula is C13H19ClN4S2. The van der Waals surface area contributed by atoms with Gasteiger partial charge in [-0.15, -0.1) is 11.6 Å². The first-order chi connectivity index (χ1) is 9.74. The van der Waals surface area contributed by atoms with Crippen LogP contribution >= 0.6 is 35.1 Å². The molecule has 3 rings (SSSR count). The lowest BCUT2D eigenvalue weighted by Gasteiger charge is -2.22. The van der Waals surface area contributed by atoms with E-state index < -0.39 is 0 Å². The van der Waals surface area contributed by atoms with E-state index in [1.807, 2.05) is 23.5 Å². The van der Waals surface area contributed by atoms with Gasteiger partial charge >= 0.3 is 0 Å². The average Bonchev–Trinajstić information content (AvgIpc) is 2.98. The third-order valence-corrected chi connectivity index (χ3v) is 6.66. The molecule has 2 aromatic heterocycles. The fraction of sp³-hybridized carbons (Fsp3) is 0.692. The quantitative estimate of drug-likeness (QED) is 0.807. The van der Waals surface area contributed by atoms with Gasteiger partial charge in [-0.25, -0.2) is 4.98 Å². The van der Waals surface area contributed by atoms with E-state index in [1.165, 1.54) is 17.3 Å². The van der Waals surface area contributed by atoms with Crippen molar-refractivity contribution in [3.05, 3.63) is 11.5 Å². The molecule has 1 aliphatic heterocycles. The summed E-state index contributed by atoms with van der Waals surface area (Å²) in [4.78, 5) is 4.72. The number of fused-ring (bicyclic) bond motifs is 1. The minimum absolute atomic E-state index is 0.461. The Kier molecular flexibility index (Phi) is 4.52. The molecule has 4 nitrogen and oxygen atoms in total. The minimum atomic E-state index is 0.461. The topological polar surface area (TPSA) is 35.6 Å². The standard InChI is InChI=1S/C13H19ClN4S2/c1-3-10-12-13(17(2)16-10)18(11(6-14)15-12)7-9-8-19-4-5-20-9/h9H,3-8H2,1-2H3. The lowest BCUT2D eigenvalue weighted by Crippen LogP contribution is -2.22. The van der Waals surface area contributed by atoms with E-state index in [4.69, 9.17) is 16.6 Å². The summed E-state index contributed by atoms with van der Waals surface area (Å²) in [7, 11) is 2.00. The number of halogens is 1. The number of alkyl halides is 1. The number of aryl methyl sites for hydroxylation is 2. The number of aromatic nitrogens is 4. The predicted octanol–water partition coefficient (Wildman–Crippen LogP) is 2.92. The molecule has 1 aliphatic rings. The summed E-state index contributed by atoms with van der Waals surface area (Å²) in [6.07, 6.45) is 0.907. The molecule has 0 saturated carbocycles. The van der Waals surface area contributed by atoms with Gasteiger partial charge < -0.3 is 4.57 Å². The zero-order chi connectivity index (χ0) is 14.1. The van der Waals surface area contributed by atoms with Crippen molar-refractivity contribution in [3.8, 4) is 0 Å². The van der Waals surface area contributed by atoms with Crippen LogP contribution in [0.5, 0.6) is 0 Å². The van der Waals surface area contributed by atoms with Gasteiger partial charge in [0.1, 0.15) is 11.3 Å². The van der Waals surface area contributed by atoms with Crippen LogP contribution in [0.25, 0.3) is 11.2 Å². The maximum atomic E-state index is 6.10. The van der Waals surface area contributed by atoms with Gasteiger partial charge in [0.05, 0.1) is 11.6 Å². The Balaban J connectivity index is 2.00. The zero-order valence-electron chi connectivity index (χ0n) is 11.8. The summed E-state index contributed by atoms with van der Waals surface area (Å²) in [5.41, 5.74) is 3.21. The van der Waals surface area contributed by atoms with Crippen LogP contribution in [-0.2, 0) is 25.9 Å². The van der Waals surface area contributed by atoms with Crippen LogP contribution in [0.2, 0.25) is 0 Å². The van der Waals surface area contributed by atoms with Gasteiger partial charge in [0.2, 0.25) is 0 Å². The van der Waals surface area contributed by atoms with E-state index in [0.29, 0.717) is 11.1 Å². The van der Waals surface area contributed by atoms with Crippen molar-refractivity contribution < 1.29 is 0 Å². The van der Waals surface area contributed by atoms with E-state index in [2.05, 4.69) is 28.4 Å². The zero-order valence-corrected chi connectivity index (χ0v) is 14.2. The van der Waals surface area contributed by atoms with Crippen molar-refractivity contribution in [1.82, 2.24) is 19.3 Å². The Morgan fingerprint density at radius 1 is 1.40 bits per heavy atom. The number of rotatable bonds is 4. The second-order valence-corrected chi connectivity index (χ2v) is 7.76. The lowest BCUT2D eigenvalue weighted by molar-refractivity contribution is 0.649. The van der Waals surface area contributed by atoms with Gasteiger partial charge in [0, 0.05) is 36.1 Å². The molecule has 1 unspecified atom stereocenters. The molecule has 2 aromatic rings. The Bertz CT molecular complexity index is 601. The molecule has 0 N–H and O–H groups in total. The van der Waals surface area contributed by atoms with Gasteiger partial charge in [-0.05, 0) is 6.42 Å². The van der Waals surface area contributed by atoms with Crippen molar-refractivity contribution in [2.24, 2.45) is 7.05 Å². The molecule has 7 heteroatoms. The van der Waals surface area contributed by atoms with E-state index in [-0.39, 0.29) is 0 Å². The van der Waals surface area contributed by atoms with E-state index in [0.717, 1.165) is 35.6 Å². The van der Waals surface area contributed by atoms with Crippen molar-refractivity contribution in [2.45, 2.75) is 31.0 Å². The maximum absolute atomic E-state index is 6.10. The summed E-state index contributed by atoms with van der Waals surface area (Å²) < 4.78 is 4.23. The second kappa shape index (κ2) is 6.20. The molecule has 20 heavy (non-hydrogen) atoms. The van der Waals surface area contributed by atoms with Gasteiger partial charge in [-0.3, -0.25) is 4.68 Å². The fourth-order valence-electron chi connectivity index (χ4n) is 2.66. The van der Waals surface area contributed by atoms with Crippen LogP contribution in [0.3, 0.4) is 0 Å². The molecule has 0 bridgehead atoms. The van der Waals surface area contributed by atoms with Gasteiger partial charge in [0.25, 0.3) is 0 Å². The third-order valence-electron chi connectivity index (χ3n) is 3.60. The van der Waals surface area contributed by atoms with Crippen LogP contribution in [0.1, 0.15) is 18.4 Å². The molecule has 110 valence electrons. The summed E-state index contributed by atoms with van der Waals surface area (Å²) in [5.74, 6) is 5.16. The van der Waals surface area contributed by atoms with E-state index in [1.54, 1.807) is 0 Å². The second-order valence-electron chi connectivity index (χ2n) is 4.94. The molecule has 0 aliphatic carbocycles. The van der Waals surface area contributed by atoms with Crippen LogP contribution < -0.4 is 0 Å². The number of nitrogens with zero attached hydrogens (tertiary/aromatic N) is 4. The van der Waals surface area contributed by atoms with Crippen LogP contribution in [0, 0.1) is 0 Å². The highest BCUT2D eigenvalue weighted by molar-refractivity contribution is 8.06. The van der Waals surface area contributed by atoms with Gasteiger partial charge in [0.15, 0.2) is 5.65 Å². The van der Waals surface area contributed by atoms with Crippen molar-refractivity contribution >= 4 is 46.3 Å². The molecule has 1 atom stereocenters. The third kappa shape index (κ3) is 2.57. The van der Waals surface area contributed by atoms with Gasteiger partial charge in [-0.1, -0.05) is 6.92 Å². The minimum Gasteiger partial charge on any atom is -0.311 e. The first-order valence-corrected chi connectivity index (χ1v) is 9.64. The maximum Gasteiger partial charge on any atom is 0.158 e. The molecular weight excluding hydrogens is 312 g/mol. The first kappa shape index (κ1) is 14.6. The predicted molar refractivity (Wildman–Crippen MR) is 89.0 cm³/mol. The van der Waals surface area contributed by atoms with Crippen LogP contribution in [-0.4, -0.2) is 41.8 Å². The fourth-order valence-corrected chi connectivity index (χ4v) is 5.52. The number of hydrogen-bond acceptors (Lipinski definition) is 4. The molecule has 1 fully saturated rings. The number of imidazole rings is 1. The summed E-state index contributed by atoms with van der Waals surface area (Å²) in [6, 6.07) is 0. The lowest BCUT2D eigenvalue weighted by atomic mass is 10.3. The smallest absolute Gasteiger partial charge is 0.158 e. The number of hydrogen-bond donors (Lipinski definition) is 0. The SMILES string of the molecule is CCc1nn(C)c2c1nc(CCl)n2CC1CSCCS1. The Morgan fingerprint density at radius 3 is 2.90 bits per heavy atom. The van der Waals surface area contributed by atoms with Crippen LogP contribution in [0.4, 0.5) is 0 Å². The van der Waals surface area contributed by atoms with E-state index >= 15 is 0 Å². The van der Waals surface area contributed by atoms with E-state index in [9.17, 15) is 0 Å². The highest BCUT2D eigenvalue weighted by Gasteiger charge is 2.22. The van der Waals surface area contributed by atoms with Crippen molar-refractivity contribution in [3.63, 3.8) is 0 Å². The summed E-state index contributed by atoms with van der Waals surface area (Å²) in [5, 5.41) is 5.22. The van der Waals surface area contributed by atoms with Crippen molar-refractivity contribution in [1.29, 1.82) is 0 Å². The van der Waals surface area contributed by atoms with Crippen molar-refractivity contribution in [2.75, 3.05) is 17.3 Å².